The number of azo groups is 2. The molecular formula is C37H50Cl2N6O2. The van der Waals surface area contributed by atoms with Crippen LogP contribution in [0.3, 0.4) is 0 Å². The number of benzene rings is 4. The van der Waals surface area contributed by atoms with Crippen LogP contribution in [0.25, 0.3) is 11.1 Å². The molecule has 0 radical (unpaired) electrons. The standard InChI is InChI=1S/C32H34Cl2N6.C2H6O.C2H6.CH4O/c1-21-5-9-29(23(3)17-21)35-13-15-37-39-31-11-7-25(19-27(31)33)26-8-12-32(28(34)20-26)40-38-16-14-36-30-10-6-22(2)18-24(30)4;1-2-3;2*1-2/h5-12,17-20,35-36H,13-16H2,1-4H3;3H,2H2,1H3;1-2H3;2H,1H3. The van der Waals surface area contributed by atoms with Gasteiger partial charge in [-0.15, -0.1) is 0 Å². The number of hydrogen-bond acceptors (Lipinski definition) is 8. The summed E-state index contributed by atoms with van der Waals surface area (Å²) in [4.78, 5) is 0. The fourth-order valence-electron chi connectivity index (χ4n) is 4.29. The van der Waals surface area contributed by atoms with Gasteiger partial charge < -0.3 is 20.8 Å². The summed E-state index contributed by atoms with van der Waals surface area (Å²) in [7, 11) is 1.00. The lowest BCUT2D eigenvalue weighted by Gasteiger charge is -2.09. The van der Waals surface area contributed by atoms with Crippen molar-refractivity contribution in [1.29, 1.82) is 0 Å². The molecule has 10 heteroatoms. The highest BCUT2D eigenvalue weighted by Gasteiger charge is 2.07. The van der Waals surface area contributed by atoms with Gasteiger partial charge in [-0.25, -0.2) is 0 Å². The molecule has 8 nitrogen and oxygen atoms in total. The number of aryl methyl sites for hydroxylation is 4. The third-order valence-electron chi connectivity index (χ3n) is 6.40. The summed E-state index contributed by atoms with van der Waals surface area (Å²) in [6, 6.07) is 24.1. The number of rotatable bonds is 11. The fraction of sp³-hybridized carbons (Fsp3) is 0.351. The zero-order chi connectivity index (χ0) is 35.2. The number of nitrogens with zero attached hydrogens (tertiary/aromatic N) is 4. The predicted molar refractivity (Wildman–Crippen MR) is 202 cm³/mol. The lowest BCUT2D eigenvalue weighted by atomic mass is 10.1. The molecule has 0 spiro atoms. The summed E-state index contributed by atoms with van der Waals surface area (Å²) in [5.74, 6) is 0. The Hall–Kier alpha value is -3.82. The van der Waals surface area contributed by atoms with Crippen LogP contribution >= 0.6 is 23.2 Å². The average molecular weight is 682 g/mol. The van der Waals surface area contributed by atoms with Crippen LogP contribution in [0.1, 0.15) is 43.0 Å². The Kier molecular flexibility index (Phi) is 20.6. The molecule has 4 aromatic carbocycles. The molecule has 0 aromatic heterocycles. The van der Waals surface area contributed by atoms with Crippen LogP contribution in [-0.4, -0.2) is 50.1 Å². The number of hydrogen-bond donors (Lipinski definition) is 4. The average Bonchev–Trinajstić information content (AvgIpc) is 3.06. The van der Waals surface area contributed by atoms with Crippen molar-refractivity contribution < 1.29 is 10.2 Å². The Bertz CT molecular complexity index is 1450. The van der Waals surface area contributed by atoms with Gasteiger partial charge >= 0.3 is 0 Å². The van der Waals surface area contributed by atoms with Crippen molar-refractivity contribution in [3.63, 3.8) is 0 Å². The van der Waals surface area contributed by atoms with Crippen molar-refractivity contribution in [2.75, 3.05) is 50.5 Å². The Balaban J connectivity index is 0.00000146. The van der Waals surface area contributed by atoms with Crippen molar-refractivity contribution in [2.24, 2.45) is 20.5 Å². The van der Waals surface area contributed by atoms with Gasteiger partial charge in [0.1, 0.15) is 11.4 Å². The van der Waals surface area contributed by atoms with E-state index in [-0.39, 0.29) is 6.61 Å². The second-order valence-corrected chi connectivity index (χ2v) is 10.9. The summed E-state index contributed by atoms with van der Waals surface area (Å²) in [5, 5.41) is 39.6. The van der Waals surface area contributed by atoms with Gasteiger partial charge in [-0.2, -0.15) is 20.5 Å². The zero-order valence-corrected chi connectivity index (χ0v) is 30.4. The second kappa shape index (κ2) is 23.5. The highest BCUT2D eigenvalue weighted by atomic mass is 35.5. The van der Waals surface area contributed by atoms with Gasteiger partial charge in [-0.1, -0.05) is 84.6 Å². The molecule has 0 heterocycles. The number of anilines is 2. The van der Waals surface area contributed by atoms with Crippen LogP contribution in [0.15, 0.2) is 93.3 Å². The Morgan fingerprint density at radius 3 is 1.28 bits per heavy atom. The quantitative estimate of drug-likeness (QED) is 0.0932. The number of nitrogens with one attached hydrogen (secondary N) is 2. The van der Waals surface area contributed by atoms with Crippen LogP contribution in [-0.2, 0) is 0 Å². The summed E-state index contributed by atoms with van der Waals surface area (Å²) < 4.78 is 0. The minimum atomic E-state index is 0.250. The number of halogens is 2. The minimum absolute atomic E-state index is 0.250. The highest BCUT2D eigenvalue weighted by Crippen LogP contribution is 2.34. The van der Waals surface area contributed by atoms with Gasteiger partial charge in [0.2, 0.25) is 0 Å². The molecule has 0 aliphatic heterocycles. The van der Waals surface area contributed by atoms with E-state index >= 15 is 0 Å². The molecule has 4 N–H and O–H groups in total. The predicted octanol–water partition coefficient (Wildman–Crippen LogP) is 10.9. The molecule has 4 aromatic rings. The monoisotopic (exact) mass is 680 g/mol. The van der Waals surface area contributed by atoms with Crippen molar-refractivity contribution in [3.8, 4) is 11.1 Å². The lowest BCUT2D eigenvalue weighted by molar-refractivity contribution is 0.318. The van der Waals surface area contributed by atoms with Gasteiger partial charge in [0.15, 0.2) is 0 Å². The summed E-state index contributed by atoms with van der Waals surface area (Å²) in [6.07, 6.45) is 0. The molecule has 0 aliphatic carbocycles. The van der Waals surface area contributed by atoms with Crippen LogP contribution in [0.2, 0.25) is 10.0 Å². The van der Waals surface area contributed by atoms with E-state index in [9.17, 15) is 0 Å². The van der Waals surface area contributed by atoms with Crippen molar-refractivity contribution in [3.05, 3.63) is 105 Å². The fourth-order valence-corrected chi connectivity index (χ4v) is 4.73. The van der Waals surface area contributed by atoms with E-state index in [0.29, 0.717) is 47.6 Å². The van der Waals surface area contributed by atoms with Crippen molar-refractivity contribution in [1.82, 2.24) is 0 Å². The molecule has 0 atom stereocenters. The third kappa shape index (κ3) is 14.6. The smallest absolute Gasteiger partial charge is 0.104 e. The Morgan fingerprint density at radius 2 is 0.957 bits per heavy atom. The van der Waals surface area contributed by atoms with Gasteiger partial charge in [-0.05, 0) is 93.3 Å². The third-order valence-corrected chi connectivity index (χ3v) is 7.01. The lowest BCUT2D eigenvalue weighted by Crippen LogP contribution is -2.05. The first-order valence-electron chi connectivity index (χ1n) is 15.7. The van der Waals surface area contributed by atoms with Gasteiger partial charge in [0.25, 0.3) is 0 Å². The molecule has 0 fully saturated rings. The summed E-state index contributed by atoms with van der Waals surface area (Å²) >= 11 is 13.0. The van der Waals surface area contributed by atoms with Crippen LogP contribution < -0.4 is 10.6 Å². The van der Waals surface area contributed by atoms with Crippen LogP contribution in [0.4, 0.5) is 22.7 Å². The topological polar surface area (TPSA) is 114 Å². The van der Waals surface area contributed by atoms with E-state index in [2.05, 4.69) is 95.2 Å². The zero-order valence-electron chi connectivity index (χ0n) is 28.9. The van der Waals surface area contributed by atoms with Gasteiger partial charge in [0.05, 0.1) is 23.1 Å². The number of aliphatic hydroxyl groups is 2. The molecule has 0 unspecified atom stereocenters. The van der Waals surface area contributed by atoms with E-state index in [0.717, 1.165) is 29.6 Å². The minimum Gasteiger partial charge on any atom is -0.400 e. The Morgan fingerprint density at radius 1 is 0.596 bits per heavy atom. The molecular weight excluding hydrogens is 631 g/mol. The molecule has 4 rings (SSSR count). The number of aliphatic hydroxyl groups excluding tert-OH is 2. The molecule has 0 saturated heterocycles. The van der Waals surface area contributed by atoms with E-state index in [4.69, 9.17) is 33.4 Å². The van der Waals surface area contributed by atoms with Crippen LogP contribution in [0.5, 0.6) is 0 Å². The summed E-state index contributed by atoms with van der Waals surface area (Å²) in [5.41, 5.74) is 10.3. The first-order valence-corrected chi connectivity index (χ1v) is 16.5. The first-order chi connectivity index (χ1) is 22.7. The van der Waals surface area contributed by atoms with Gasteiger partial charge in [-0.3, -0.25) is 0 Å². The molecule has 0 aliphatic rings. The van der Waals surface area contributed by atoms with Crippen molar-refractivity contribution in [2.45, 2.75) is 48.5 Å². The van der Waals surface area contributed by atoms with E-state index in [1.165, 1.54) is 22.3 Å². The molecule has 47 heavy (non-hydrogen) atoms. The SMILES string of the molecule is CC.CCO.CO.Cc1ccc(NCCN=Nc2ccc(-c3ccc(N=NCCNc4ccc(C)cc4C)c(Cl)c3)cc2Cl)c(C)c1. The molecule has 0 amide bonds. The van der Waals surface area contributed by atoms with E-state index in [1.807, 2.05) is 50.2 Å². The Labute approximate surface area is 291 Å². The summed E-state index contributed by atoms with van der Waals surface area (Å²) in [6.45, 7) is 16.8. The maximum atomic E-state index is 7.57. The van der Waals surface area contributed by atoms with Gasteiger partial charge in [0, 0.05) is 38.2 Å². The maximum absolute atomic E-state index is 7.57. The maximum Gasteiger partial charge on any atom is 0.104 e. The molecule has 254 valence electrons. The largest absolute Gasteiger partial charge is 0.400 e. The van der Waals surface area contributed by atoms with E-state index in [1.54, 1.807) is 6.92 Å². The molecule has 0 bridgehead atoms. The first kappa shape index (κ1) is 41.2. The normalized spacial score (nSPS) is 10.4. The molecule has 0 saturated carbocycles. The van der Waals surface area contributed by atoms with Crippen molar-refractivity contribution >= 4 is 46.0 Å². The highest BCUT2D eigenvalue weighted by molar-refractivity contribution is 6.34. The van der Waals surface area contributed by atoms with Crippen LogP contribution in [0, 0.1) is 27.7 Å². The second-order valence-electron chi connectivity index (χ2n) is 10.1. The van der Waals surface area contributed by atoms with E-state index < -0.39 is 0 Å².